The van der Waals surface area contributed by atoms with E-state index in [9.17, 15) is 4.79 Å². The van der Waals surface area contributed by atoms with Crippen molar-refractivity contribution in [2.24, 2.45) is 5.92 Å². The van der Waals surface area contributed by atoms with Gasteiger partial charge in [-0.05, 0) is 30.9 Å². The van der Waals surface area contributed by atoms with E-state index < -0.39 is 0 Å². The van der Waals surface area contributed by atoms with Gasteiger partial charge in [-0.25, -0.2) is 14.3 Å². The number of rotatable bonds is 3. The lowest BCUT2D eigenvalue weighted by Gasteiger charge is -2.02. The Labute approximate surface area is 86.9 Å². The number of hydrogen-bond acceptors (Lipinski definition) is 2. The molecule has 15 heavy (non-hydrogen) atoms. The standard InChI is InChI=1S/C11H13N3O/c15-11-13-12-10-3-1-2-9(14(10)11)7-6-8-4-5-8/h1-3,8H,4-7H2,(H,13,15). The number of nitrogens with zero attached hydrogens (tertiary/aromatic N) is 2. The number of aromatic amines is 1. The Balaban J connectivity index is 2.00. The lowest BCUT2D eigenvalue weighted by molar-refractivity contribution is 0.704. The van der Waals surface area contributed by atoms with Gasteiger partial charge in [0.05, 0.1) is 0 Å². The van der Waals surface area contributed by atoms with Crippen molar-refractivity contribution in [3.8, 4) is 0 Å². The van der Waals surface area contributed by atoms with Gasteiger partial charge in [0.15, 0.2) is 5.65 Å². The molecule has 1 fully saturated rings. The van der Waals surface area contributed by atoms with Gasteiger partial charge in [0.2, 0.25) is 0 Å². The summed E-state index contributed by atoms with van der Waals surface area (Å²) in [6, 6.07) is 5.81. The summed E-state index contributed by atoms with van der Waals surface area (Å²) >= 11 is 0. The molecule has 0 aromatic carbocycles. The molecule has 1 N–H and O–H groups in total. The van der Waals surface area contributed by atoms with Crippen LogP contribution in [0.2, 0.25) is 0 Å². The monoisotopic (exact) mass is 203 g/mol. The van der Waals surface area contributed by atoms with E-state index in [0.29, 0.717) is 5.65 Å². The molecular formula is C11H13N3O. The summed E-state index contributed by atoms with van der Waals surface area (Å²) in [7, 11) is 0. The second-order valence-electron chi connectivity index (χ2n) is 4.22. The maximum absolute atomic E-state index is 11.5. The first kappa shape index (κ1) is 8.71. The van der Waals surface area contributed by atoms with Crippen LogP contribution in [0, 0.1) is 5.92 Å². The van der Waals surface area contributed by atoms with Crippen LogP contribution in [0.4, 0.5) is 0 Å². The summed E-state index contributed by atoms with van der Waals surface area (Å²) in [6.07, 6.45) is 4.88. The third-order valence-corrected chi connectivity index (χ3v) is 3.03. The van der Waals surface area contributed by atoms with Crippen molar-refractivity contribution in [1.82, 2.24) is 14.6 Å². The van der Waals surface area contributed by atoms with Crippen LogP contribution in [-0.4, -0.2) is 14.6 Å². The van der Waals surface area contributed by atoms with Crippen molar-refractivity contribution < 1.29 is 0 Å². The molecule has 4 heteroatoms. The van der Waals surface area contributed by atoms with Crippen LogP contribution in [0.5, 0.6) is 0 Å². The van der Waals surface area contributed by atoms with Crippen LogP contribution in [0.1, 0.15) is 25.0 Å². The highest BCUT2D eigenvalue weighted by molar-refractivity contribution is 5.38. The number of nitrogens with one attached hydrogen (secondary N) is 1. The average molecular weight is 203 g/mol. The summed E-state index contributed by atoms with van der Waals surface area (Å²) in [5, 5.41) is 6.42. The molecule has 0 unspecified atom stereocenters. The van der Waals surface area contributed by atoms with E-state index in [-0.39, 0.29) is 5.69 Å². The Morgan fingerprint density at radius 1 is 1.47 bits per heavy atom. The highest BCUT2D eigenvalue weighted by Crippen LogP contribution is 2.33. The molecule has 1 aliphatic rings. The zero-order valence-corrected chi connectivity index (χ0v) is 8.44. The number of aromatic nitrogens is 3. The molecule has 2 aromatic rings. The van der Waals surface area contributed by atoms with Crippen molar-refractivity contribution >= 4 is 5.65 Å². The largest absolute Gasteiger partial charge is 0.347 e. The number of H-pyrrole nitrogens is 1. The van der Waals surface area contributed by atoms with E-state index in [1.807, 2.05) is 18.2 Å². The van der Waals surface area contributed by atoms with Crippen LogP contribution >= 0.6 is 0 Å². The Kier molecular flexibility index (Phi) is 1.87. The van der Waals surface area contributed by atoms with Crippen LogP contribution in [0.3, 0.4) is 0 Å². The Morgan fingerprint density at radius 2 is 2.33 bits per heavy atom. The van der Waals surface area contributed by atoms with Crippen molar-refractivity contribution in [2.45, 2.75) is 25.7 Å². The molecule has 3 rings (SSSR count). The van der Waals surface area contributed by atoms with Gasteiger partial charge in [-0.2, -0.15) is 5.10 Å². The van der Waals surface area contributed by atoms with E-state index >= 15 is 0 Å². The first-order valence-electron chi connectivity index (χ1n) is 5.39. The van der Waals surface area contributed by atoms with Gasteiger partial charge in [0, 0.05) is 5.69 Å². The van der Waals surface area contributed by atoms with Gasteiger partial charge in [0.1, 0.15) is 0 Å². The van der Waals surface area contributed by atoms with Crippen LogP contribution in [-0.2, 0) is 6.42 Å². The minimum Gasteiger partial charge on any atom is -0.247 e. The fourth-order valence-corrected chi connectivity index (χ4v) is 1.97. The first-order chi connectivity index (χ1) is 7.34. The minimum absolute atomic E-state index is 0.128. The SMILES string of the molecule is O=c1[nH]nc2cccc(CCC3CC3)n12. The molecule has 0 saturated heterocycles. The molecule has 1 aliphatic carbocycles. The molecule has 0 atom stereocenters. The first-order valence-corrected chi connectivity index (χ1v) is 5.39. The molecule has 78 valence electrons. The molecule has 2 heterocycles. The number of fused-ring (bicyclic) bond motifs is 1. The van der Waals surface area contributed by atoms with E-state index in [1.165, 1.54) is 19.3 Å². The molecule has 2 aromatic heterocycles. The highest BCUT2D eigenvalue weighted by atomic mass is 16.1. The fourth-order valence-electron chi connectivity index (χ4n) is 1.97. The van der Waals surface area contributed by atoms with Crippen molar-refractivity contribution in [3.05, 3.63) is 34.4 Å². The maximum Gasteiger partial charge on any atom is 0.347 e. The lowest BCUT2D eigenvalue weighted by atomic mass is 10.1. The normalized spacial score (nSPS) is 16.0. The van der Waals surface area contributed by atoms with E-state index in [2.05, 4.69) is 10.2 Å². The summed E-state index contributed by atoms with van der Waals surface area (Å²) in [4.78, 5) is 11.5. The minimum atomic E-state index is -0.128. The Hall–Kier alpha value is -1.58. The predicted octanol–water partition coefficient (Wildman–Crippen LogP) is 1.37. The second-order valence-corrected chi connectivity index (χ2v) is 4.22. The van der Waals surface area contributed by atoms with Gasteiger partial charge in [-0.15, -0.1) is 0 Å². The van der Waals surface area contributed by atoms with E-state index in [4.69, 9.17) is 0 Å². The molecule has 4 nitrogen and oxygen atoms in total. The zero-order chi connectivity index (χ0) is 10.3. The molecule has 0 radical (unpaired) electrons. The van der Waals surface area contributed by atoms with Crippen molar-refractivity contribution in [1.29, 1.82) is 0 Å². The fraction of sp³-hybridized carbons (Fsp3) is 0.455. The zero-order valence-electron chi connectivity index (χ0n) is 8.44. The molecular weight excluding hydrogens is 190 g/mol. The molecule has 1 saturated carbocycles. The smallest absolute Gasteiger partial charge is 0.247 e. The Morgan fingerprint density at radius 3 is 3.13 bits per heavy atom. The quantitative estimate of drug-likeness (QED) is 0.819. The van der Waals surface area contributed by atoms with Gasteiger partial charge < -0.3 is 0 Å². The van der Waals surface area contributed by atoms with Gasteiger partial charge in [-0.1, -0.05) is 18.9 Å². The van der Waals surface area contributed by atoms with Crippen LogP contribution in [0.25, 0.3) is 5.65 Å². The van der Waals surface area contributed by atoms with Crippen LogP contribution in [0.15, 0.2) is 23.0 Å². The number of hydrogen-bond donors (Lipinski definition) is 1. The van der Waals surface area contributed by atoms with Crippen LogP contribution < -0.4 is 5.69 Å². The average Bonchev–Trinajstić information content (AvgIpc) is 3.00. The predicted molar refractivity (Wildman–Crippen MR) is 56.9 cm³/mol. The maximum atomic E-state index is 11.5. The lowest BCUT2D eigenvalue weighted by Crippen LogP contribution is -2.13. The molecule has 0 spiro atoms. The van der Waals surface area contributed by atoms with Gasteiger partial charge in [-0.3, -0.25) is 0 Å². The molecule has 0 bridgehead atoms. The third kappa shape index (κ3) is 1.56. The highest BCUT2D eigenvalue weighted by Gasteiger charge is 2.21. The number of pyridine rings is 1. The second kappa shape index (κ2) is 3.22. The molecule has 0 amide bonds. The Bertz CT molecular complexity index is 536. The topological polar surface area (TPSA) is 50.2 Å². The molecule has 0 aliphatic heterocycles. The van der Waals surface area contributed by atoms with E-state index in [1.54, 1.807) is 4.40 Å². The number of aryl methyl sites for hydroxylation is 1. The van der Waals surface area contributed by atoms with Gasteiger partial charge >= 0.3 is 5.69 Å². The third-order valence-electron chi connectivity index (χ3n) is 3.03. The van der Waals surface area contributed by atoms with Gasteiger partial charge in [0.25, 0.3) is 0 Å². The van der Waals surface area contributed by atoms with Crippen molar-refractivity contribution in [2.75, 3.05) is 0 Å². The van der Waals surface area contributed by atoms with E-state index in [0.717, 1.165) is 18.0 Å². The summed E-state index contributed by atoms with van der Waals surface area (Å²) in [5.74, 6) is 0.892. The summed E-state index contributed by atoms with van der Waals surface area (Å²) < 4.78 is 1.67. The summed E-state index contributed by atoms with van der Waals surface area (Å²) in [6.45, 7) is 0. The summed E-state index contributed by atoms with van der Waals surface area (Å²) in [5.41, 5.74) is 1.66. The van der Waals surface area contributed by atoms with Crippen molar-refractivity contribution in [3.63, 3.8) is 0 Å².